The molecule has 9 heteroatoms. The number of hydrogen-bond donors (Lipinski definition) is 2. The molecule has 1 atom stereocenters. The van der Waals surface area contributed by atoms with Crippen LogP contribution in [0.3, 0.4) is 0 Å². The fourth-order valence-corrected chi connectivity index (χ4v) is 3.54. The summed E-state index contributed by atoms with van der Waals surface area (Å²) in [4.78, 5) is 5.80. The SMILES string of the molecule is O=S(=O)(NC(C1CCCC1)C(F)(F)F)c1cnc[nH]1. The van der Waals surface area contributed by atoms with Gasteiger partial charge in [-0.2, -0.15) is 17.9 Å². The third-order valence-electron chi connectivity index (χ3n) is 3.27. The van der Waals surface area contributed by atoms with Crippen molar-refractivity contribution in [2.45, 2.75) is 42.9 Å². The zero-order valence-electron chi connectivity index (χ0n) is 9.94. The number of sulfonamides is 1. The topological polar surface area (TPSA) is 74.8 Å². The lowest BCUT2D eigenvalue weighted by Crippen LogP contribution is -2.49. The molecule has 1 aliphatic carbocycles. The van der Waals surface area contributed by atoms with Gasteiger partial charge in [0.2, 0.25) is 0 Å². The van der Waals surface area contributed by atoms with Crippen LogP contribution in [0.5, 0.6) is 0 Å². The molecular weight excluding hydrogens is 283 g/mol. The van der Waals surface area contributed by atoms with E-state index in [1.807, 2.05) is 0 Å². The van der Waals surface area contributed by atoms with E-state index < -0.39 is 28.2 Å². The van der Waals surface area contributed by atoms with Crippen LogP contribution in [0, 0.1) is 5.92 Å². The largest absolute Gasteiger partial charge is 0.405 e. The normalized spacial score (nSPS) is 19.7. The molecular formula is C10H14F3N3O2S. The Balaban J connectivity index is 2.21. The lowest BCUT2D eigenvalue weighted by Gasteiger charge is -2.26. The van der Waals surface area contributed by atoms with Gasteiger partial charge in [0.15, 0.2) is 5.03 Å². The van der Waals surface area contributed by atoms with Crippen molar-refractivity contribution in [2.24, 2.45) is 5.92 Å². The Bertz CT molecular complexity index is 507. The van der Waals surface area contributed by atoms with Gasteiger partial charge in [-0.1, -0.05) is 12.8 Å². The summed E-state index contributed by atoms with van der Waals surface area (Å²) < 4.78 is 64.4. The molecule has 0 radical (unpaired) electrons. The summed E-state index contributed by atoms with van der Waals surface area (Å²) in [7, 11) is -4.22. The third-order valence-corrected chi connectivity index (χ3v) is 4.64. The number of nitrogens with one attached hydrogen (secondary N) is 2. The maximum Gasteiger partial charge on any atom is 0.405 e. The lowest BCUT2D eigenvalue weighted by molar-refractivity contribution is -0.162. The molecule has 1 heterocycles. The van der Waals surface area contributed by atoms with Crippen LogP contribution in [0.1, 0.15) is 25.7 Å². The maximum atomic E-state index is 13.0. The Morgan fingerprint density at radius 3 is 2.47 bits per heavy atom. The second kappa shape index (κ2) is 5.12. The number of alkyl halides is 3. The summed E-state index contributed by atoms with van der Waals surface area (Å²) >= 11 is 0. The van der Waals surface area contributed by atoms with Crippen molar-refractivity contribution >= 4 is 10.0 Å². The summed E-state index contributed by atoms with van der Waals surface area (Å²) in [6.45, 7) is 0. The van der Waals surface area contributed by atoms with Gasteiger partial charge in [-0.15, -0.1) is 0 Å². The van der Waals surface area contributed by atoms with E-state index in [4.69, 9.17) is 0 Å². The number of H-pyrrole nitrogens is 1. The molecule has 5 nitrogen and oxygen atoms in total. The molecule has 1 fully saturated rings. The van der Waals surface area contributed by atoms with Gasteiger partial charge in [0.05, 0.1) is 12.5 Å². The van der Waals surface area contributed by atoms with Crippen LogP contribution in [-0.2, 0) is 10.0 Å². The second-order valence-corrected chi connectivity index (χ2v) is 6.28. The highest BCUT2D eigenvalue weighted by Gasteiger charge is 2.47. The number of nitrogens with zero attached hydrogens (tertiary/aromatic N) is 1. The van der Waals surface area contributed by atoms with Gasteiger partial charge in [0.25, 0.3) is 10.0 Å². The minimum Gasteiger partial charge on any atom is -0.335 e. The van der Waals surface area contributed by atoms with Crippen molar-refractivity contribution in [3.8, 4) is 0 Å². The van der Waals surface area contributed by atoms with Crippen molar-refractivity contribution in [1.29, 1.82) is 0 Å². The average molecular weight is 297 g/mol. The van der Waals surface area contributed by atoms with Crippen molar-refractivity contribution < 1.29 is 21.6 Å². The molecule has 108 valence electrons. The van der Waals surface area contributed by atoms with Gasteiger partial charge in [-0.05, 0) is 18.8 Å². The molecule has 0 saturated heterocycles. The van der Waals surface area contributed by atoms with E-state index >= 15 is 0 Å². The Morgan fingerprint density at radius 1 is 1.37 bits per heavy atom. The van der Waals surface area contributed by atoms with Crippen LogP contribution in [0.25, 0.3) is 0 Å². The van der Waals surface area contributed by atoms with Gasteiger partial charge in [0, 0.05) is 0 Å². The summed E-state index contributed by atoms with van der Waals surface area (Å²) in [5, 5.41) is -0.361. The number of halogens is 3. The zero-order chi connectivity index (χ0) is 14.1. The first kappa shape index (κ1) is 14.3. The fourth-order valence-electron chi connectivity index (χ4n) is 2.34. The summed E-state index contributed by atoms with van der Waals surface area (Å²) in [5.74, 6) is -0.697. The number of aromatic amines is 1. The van der Waals surface area contributed by atoms with Crippen molar-refractivity contribution in [1.82, 2.24) is 14.7 Å². The molecule has 0 spiro atoms. The minimum absolute atomic E-state index is 0.361. The van der Waals surface area contributed by atoms with Crippen LogP contribution in [0.2, 0.25) is 0 Å². The maximum absolute atomic E-state index is 13.0. The number of rotatable bonds is 4. The van der Waals surface area contributed by atoms with E-state index in [1.165, 1.54) is 0 Å². The Labute approximate surface area is 108 Å². The summed E-state index contributed by atoms with van der Waals surface area (Å²) in [5.41, 5.74) is 0. The molecule has 1 aromatic heterocycles. The predicted molar refractivity (Wildman–Crippen MR) is 60.7 cm³/mol. The highest BCUT2D eigenvalue weighted by Crippen LogP contribution is 2.36. The van der Waals surface area contributed by atoms with E-state index in [0.29, 0.717) is 25.7 Å². The third kappa shape index (κ3) is 3.27. The number of hydrogen-bond acceptors (Lipinski definition) is 3. The standard InChI is InChI=1S/C10H14F3N3O2S/c11-10(12,13)9(7-3-1-2-4-7)16-19(17,18)8-5-14-6-15-8/h5-7,9,16H,1-4H2,(H,14,15). The Hall–Kier alpha value is -1.09. The molecule has 0 bridgehead atoms. The van der Waals surface area contributed by atoms with E-state index in [2.05, 4.69) is 9.97 Å². The smallest absolute Gasteiger partial charge is 0.335 e. The average Bonchev–Trinajstić information content (AvgIpc) is 2.97. The van der Waals surface area contributed by atoms with Crippen LogP contribution < -0.4 is 4.72 Å². The first-order chi connectivity index (χ1) is 8.81. The van der Waals surface area contributed by atoms with Crippen LogP contribution in [0.4, 0.5) is 13.2 Å². The molecule has 2 rings (SSSR count). The van der Waals surface area contributed by atoms with E-state index in [1.54, 1.807) is 4.72 Å². The summed E-state index contributed by atoms with van der Waals surface area (Å²) in [6.07, 6.45) is -0.351. The molecule has 2 N–H and O–H groups in total. The van der Waals surface area contributed by atoms with Crippen LogP contribution in [-0.4, -0.2) is 30.6 Å². The van der Waals surface area contributed by atoms with Gasteiger partial charge in [-0.25, -0.2) is 13.4 Å². The lowest BCUT2D eigenvalue weighted by atomic mass is 9.99. The van der Waals surface area contributed by atoms with Crippen molar-refractivity contribution in [3.05, 3.63) is 12.5 Å². The highest BCUT2D eigenvalue weighted by molar-refractivity contribution is 7.89. The number of imidazole rings is 1. The predicted octanol–water partition coefficient (Wildman–Crippen LogP) is 1.81. The summed E-state index contributed by atoms with van der Waals surface area (Å²) in [6, 6.07) is -2.04. The molecule has 0 aromatic carbocycles. The van der Waals surface area contributed by atoms with E-state index in [-0.39, 0.29) is 5.03 Å². The Kier molecular flexibility index (Phi) is 3.86. The minimum atomic E-state index is -4.60. The first-order valence-electron chi connectivity index (χ1n) is 5.88. The van der Waals surface area contributed by atoms with Gasteiger partial charge >= 0.3 is 6.18 Å². The van der Waals surface area contributed by atoms with Crippen LogP contribution in [0.15, 0.2) is 17.6 Å². The number of aromatic nitrogens is 2. The van der Waals surface area contributed by atoms with Gasteiger partial charge in [-0.3, -0.25) is 0 Å². The molecule has 0 amide bonds. The van der Waals surface area contributed by atoms with Gasteiger partial charge in [0.1, 0.15) is 6.04 Å². The fraction of sp³-hybridized carbons (Fsp3) is 0.700. The first-order valence-corrected chi connectivity index (χ1v) is 7.36. The van der Waals surface area contributed by atoms with E-state index in [9.17, 15) is 21.6 Å². The molecule has 19 heavy (non-hydrogen) atoms. The van der Waals surface area contributed by atoms with Crippen molar-refractivity contribution in [3.63, 3.8) is 0 Å². The monoisotopic (exact) mass is 297 g/mol. The van der Waals surface area contributed by atoms with Crippen LogP contribution >= 0.6 is 0 Å². The van der Waals surface area contributed by atoms with Gasteiger partial charge < -0.3 is 4.98 Å². The zero-order valence-corrected chi connectivity index (χ0v) is 10.8. The molecule has 1 aliphatic rings. The highest BCUT2D eigenvalue weighted by atomic mass is 32.2. The molecule has 1 unspecified atom stereocenters. The quantitative estimate of drug-likeness (QED) is 0.890. The second-order valence-electron chi connectivity index (χ2n) is 4.60. The Morgan fingerprint density at radius 2 is 2.00 bits per heavy atom. The van der Waals surface area contributed by atoms with E-state index in [0.717, 1.165) is 12.5 Å². The molecule has 1 saturated carbocycles. The molecule has 0 aliphatic heterocycles. The van der Waals surface area contributed by atoms with Crippen molar-refractivity contribution in [2.75, 3.05) is 0 Å². The molecule has 1 aromatic rings.